The van der Waals surface area contributed by atoms with E-state index in [-0.39, 0.29) is 0 Å². The summed E-state index contributed by atoms with van der Waals surface area (Å²) in [6.45, 7) is 2.37. The highest BCUT2D eigenvalue weighted by molar-refractivity contribution is 8.00. The number of hydrogen-bond acceptors (Lipinski definition) is 2. The summed E-state index contributed by atoms with van der Waals surface area (Å²) in [6.07, 6.45) is 7.42. The van der Waals surface area contributed by atoms with Gasteiger partial charge in [-0.2, -0.15) is 11.8 Å². The summed E-state index contributed by atoms with van der Waals surface area (Å²) in [6, 6.07) is 1.76. The summed E-state index contributed by atoms with van der Waals surface area (Å²) in [5, 5.41) is 4.80. The summed E-state index contributed by atoms with van der Waals surface area (Å²) >= 11 is 2.15. The van der Waals surface area contributed by atoms with Crippen LogP contribution in [0, 0.1) is 11.8 Å². The van der Waals surface area contributed by atoms with Gasteiger partial charge >= 0.3 is 0 Å². The monoisotopic (exact) mass is 211 g/mol. The van der Waals surface area contributed by atoms with Gasteiger partial charge in [-0.25, -0.2) is 0 Å². The maximum Gasteiger partial charge on any atom is 0.0171 e. The van der Waals surface area contributed by atoms with Gasteiger partial charge in [0.2, 0.25) is 0 Å². The van der Waals surface area contributed by atoms with Crippen LogP contribution in [0.2, 0.25) is 0 Å². The molecule has 1 aliphatic heterocycles. The lowest BCUT2D eigenvalue weighted by Crippen LogP contribution is -2.32. The molecule has 1 nitrogen and oxygen atoms in total. The molecule has 4 atom stereocenters. The molecule has 0 bridgehead atoms. The van der Waals surface area contributed by atoms with Crippen molar-refractivity contribution >= 4 is 11.8 Å². The van der Waals surface area contributed by atoms with Crippen molar-refractivity contribution in [2.45, 2.75) is 56.4 Å². The van der Waals surface area contributed by atoms with Gasteiger partial charge in [-0.15, -0.1) is 0 Å². The van der Waals surface area contributed by atoms with Crippen molar-refractivity contribution < 1.29 is 0 Å². The third kappa shape index (κ3) is 1.71. The highest BCUT2D eigenvalue weighted by Gasteiger charge is 2.51. The first-order valence-corrected chi connectivity index (χ1v) is 7.27. The Hall–Kier alpha value is 0.310. The first kappa shape index (κ1) is 9.53. The van der Waals surface area contributed by atoms with Crippen LogP contribution in [0.5, 0.6) is 0 Å². The average molecular weight is 211 g/mol. The molecule has 0 spiro atoms. The lowest BCUT2D eigenvalue weighted by Gasteiger charge is -2.10. The van der Waals surface area contributed by atoms with E-state index >= 15 is 0 Å². The summed E-state index contributed by atoms with van der Waals surface area (Å²) in [4.78, 5) is 0. The van der Waals surface area contributed by atoms with Gasteiger partial charge in [0.15, 0.2) is 0 Å². The van der Waals surface area contributed by atoms with E-state index in [4.69, 9.17) is 0 Å². The summed E-state index contributed by atoms with van der Waals surface area (Å²) in [7, 11) is 0. The van der Waals surface area contributed by atoms with E-state index in [1.807, 2.05) is 0 Å². The Bertz CT molecular complexity index is 206. The van der Waals surface area contributed by atoms with Crippen LogP contribution in [-0.4, -0.2) is 23.1 Å². The maximum atomic E-state index is 3.90. The highest BCUT2D eigenvalue weighted by Crippen LogP contribution is 2.50. The Morgan fingerprint density at radius 2 is 1.86 bits per heavy atom. The van der Waals surface area contributed by atoms with Crippen molar-refractivity contribution in [1.29, 1.82) is 0 Å². The quantitative estimate of drug-likeness (QED) is 0.753. The molecule has 1 N–H and O–H groups in total. The summed E-state index contributed by atoms with van der Waals surface area (Å²) in [5.41, 5.74) is 0. The summed E-state index contributed by atoms with van der Waals surface area (Å²) in [5.74, 6) is 3.51. The van der Waals surface area contributed by atoms with Gasteiger partial charge in [0, 0.05) is 23.1 Å². The maximum absolute atomic E-state index is 3.90. The molecule has 2 saturated carbocycles. The predicted molar refractivity (Wildman–Crippen MR) is 62.7 cm³/mol. The van der Waals surface area contributed by atoms with Gasteiger partial charge in [-0.1, -0.05) is 19.8 Å². The van der Waals surface area contributed by atoms with Gasteiger partial charge in [-0.05, 0) is 31.1 Å². The smallest absolute Gasteiger partial charge is 0.0171 e. The molecule has 0 aromatic rings. The first-order chi connectivity index (χ1) is 6.84. The zero-order valence-electron chi connectivity index (χ0n) is 9.04. The lowest BCUT2D eigenvalue weighted by atomic mass is 10.0. The summed E-state index contributed by atoms with van der Waals surface area (Å²) < 4.78 is 0. The van der Waals surface area contributed by atoms with Gasteiger partial charge < -0.3 is 5.32 Å². The number of hydrogen-bond donors (Lipinski definition) is 1. The number of nitrogens with one attached hydrogen (secondary N) is 1. The van der Waals surface area contributed by atoms with Crippen LogP contribution in [0.4, 0.5) is 0 Å². The molecule has 1 saturated heterocycles. The second kappa shape index (κ2) is 3.71. The largest absolute Gasteiger partial charge is 0.310 e. The Balaban J connectivity index is 1.50. The average Bonchev–Trinajstić information content (AvgIpc) is 2.72. The van der Waals surface area contributed by atoms with E-state index in [1.54, 1.807) is 0 Å². The molecule has 3 aliphatic rings. The zero-order chi connectivity index (χ0) is 9.54. The number of thioether (sulfide) groups is 1. The van der Waals surface area contributed by atoms with E-state index in [0.717, 1.165) is 29.2 Å². The fourth-order valence-electron chi connectivity index (χ4n) is 3.45. The molecule has 1 heterocycles. The Kier molecular flexibility index (Phi) is 2.53. The SMILES string of the molecule is CC1CC(NC2C3CCCCC32)CS1. The fourth-order valence-corrected chi connectivity index (χ4v) is 4.61. The third-order valence-corrected chi connectivity index (χ3v) is 5.64. The van der Waals surface area contributed by atoms with Gasteiger partial charge in [0.05, 0.1) is 0 Å². The predicted octanol–water partition coefficient (Wildman–Crippen LogP) is 2.66. The Morgan fingerprint density at radius 3 is 2.43 bits per heavy atom. The van der Waals surface area contributed by atoms with Crippen molar-refractivity contribution in [3.05, 3.63) is 0 Å². The molecule has 3 fully saturated rings. The Morgan fingerprint density at radius 1 is 1.14 bits per heavy atom. The van der Waals surface area contributed by atoms with Crippen LogP contribution in [0.1, 0.15) is 39.0 Å². The van der Waals surface area contributed by atoms with Crippen LogP contribution >= 0.6 is 11.8 Å². The van der Waals surface area contributed by atoms with E-state index in [2.05, 4.69) is 24.0 Å². The minimum Gasteiger partial charge on any atom is -0.310 e. The number of fused-ring (bicyclic) bond motifs is 1. The molecule has 0 aromatic carbocycles. The van der Waals surface area contributed by atoms with Crippen LogP contribution in [0.15, 0.2) is 0 Å². The molecule has 0 amide bonds. The van der Waals surface area contributed by atoms with E-state index in [1.165, 1.54) is 37.9 Å². The van der Waals surface area contributed by atoms with Crippen molar-refractivity contribution in [2.24, 2.45) is 11.8 Å². The fraction of sp³-hybridized carbons (Fsp3) is 1.00. The van der Waals surface area contributed by atoms with Gasteiger partial charge in [-0.3, -0.25) is 0 Å². The number of rotatable bonds is 2. The molecule has 2 aliphatic carbocycles. The van der Waals surface area contributed by atoms with Crippen molar-refractivity contribution in [3.63, 3.8) is 0 Å². The van der Waals surface area contributed by atoms with Gasteiger partial charge in [0.1, 0.15) is 0 Å². The normalized spacial score (nSPS) is 51.6. The van der Waals surface area contributed by atoms with Crippen molar-refractivity contribution in [2.75, 3.05) is 5.75 Å². The highest BCUT2D eigenvalue weighted by atomic mass is 32.2. The van der Waals surface area contributed by atoms with Crippen LogP contribution in [-0.2, 0) is 0 Å². The molecule has 14 heavy (non-hydrogen) atoms. The van der Waals surface area contributed by atoms with Crippen LogP contribution < -0.4 is 5.32 Å². The van der Waals surface area contributed by atoms with Crippen molar-refractivity contribution in [3.8, 4) is 0 Å². The molecule has 0 radical (unpaired) electrons. The second-order valence-corrected chi connectivity index (χ2v) is 6.85. The Labute approximate surface area is 91.4 Å². The van der Waals surface area contributed by atoms with E-state index in [9.17, 15) is 0 Å². The molecular weight excluding hydrogens is 190 g/mol. The molecule has 4 unspecified atom stereocenters. The first-order valence-electron chi connectivity index (χ1n) is 6.22. The van der Waals surface area contributed by atoms with Crippen LogP contribution in [0.25, 0.3) is 0 Å². The third-order valence-electron chi connectivity index (χ3n) is 4.28. The molecule has 80 valence electrons. The molecule has 3 rings (SSSR count). The lowest BCUT2D eigenvalue weighted by molar-refractivity contribution is 0.480. The van der Waals surface area contributed by atoms with Gasteiger partial charge in [0.25, 0.3) is 0 Å². The zero-order valence-corrected chi connectivity index (χ0v) is 9.85. The van der Waals surface area contributed by atoms with Crippen molar-refractivity contribution in [1.82, 2.24) is 5.32 Å². The van der Waals surface area contributed by atoms with Crippen LogP contribution in [0.3, 0.4) is 0 Å². The minimum atomic E-state index is 0.839. The topological polar surface area (TPSA) is 12.0 Å². The molecular formula is C12H21NS. The second-order valence-electron chi connectivity index (χ2n) is 5.38. The van der Waals surface area contributed by atoms with E-state index < -0.39 is 0 Å². The minimum absolute atomic E-state index is 0.839. The molecule has 2 heteroatoms. The standard InChI is InChI=1S/C12H21NS/c1-8-6-9(7-14-8)13-12-10-4-2-3-5-11(10)12/h8-13H,2-7H2,1H3. The van der Waals surface area contributed by atoms with E-state index in [0.29, 0.717) is 0 Å². The molecule has 0 aromatic heterocycles.